The molecule has 0 aliphatic rings. The molecule has 0 bridgehead atoms. The van der Waals surface area contributed by atoms with Crippen LogP contribution in [0.15, 0.2) is 24.3 Å². The highest BCUT2D eigenvalue weighted by atomic mass is 19.1. The van der Waals surface area contributed by atoms with Crippen LogP contribution >= 0.6 is 0 Å². The fraction of sp³-hybridized carbons (Fsp3) is 0.619. The molecule has 6 heteroatoms. The Morgan fingerprint density at radius 2 is 1.59 bits per heavy atom. The molecule has 0 saturated carbocycles. The van der Waals surface area contributed by atoms with Gasteiger partial charge in [-0.25, -0.2) is 4.39 Å². The first kappa shape index (κ1) is 22.9. The van der Waals surface area contributed by atoms with Crippen LogP contribution in [0.5, 0.6) is 5.75 Å². The Bertz CT molecular complexity index is 618. The van der Waals surface area contributed by atoms with Gasteiger partial charge in [-0.2, -0.15) is 0 Å². The Labute approximate surface area is 161 Å². The molecule has 0 unspecified atom stereocenters. The number of esters is 2. The number of rotatable bonds is 8. The minimum atomic E-state index is -0.624. The first-order valence-corrected chi connectivity index (χ1v) is 9.23. The molecule has 0 aliphatic heterocycles. The highest BCUT2D eigenvalue weighted by Gasteiger charge is 2.29. The molecule has 27 heavy (non-hydrogen) atoms. The SMILES string of the molecule is CC(C)[C@@H](Oc1ccc(F)cc1)[C@H](C)OC(=O)[C@H](C)CC(=O)OC(C)(C)C. The summed E-state index contributed by atoms with van der Waals surface area (Å²) >= 11 is 0. The lowest BCUT2D eigenvalue weighted by molar-refractivity contribution is -0.165. The summed E-state index contributed by atoms with van der Waals surface area (Å²) in [6.07, 6.45) is -0.995. The smallest absolute Gasteiger partial charge is 0.309 e. The first-order valence-electron chi connectivity index (χ1n) is 9.23. The van der Waals surface area contributed by atoms with Crippen LogP contribution in [-0.4, -0.2) is 29.7 Å². The molecule has 0 fully saturated rings. The van der Waals surface area contributed by atoms with Gasteiger partial charge in [0.15, 0.2) is 0 Å². The average molecular weight is 382 g/mol. The minimum Gasteiger partial charge on any atom is -0.486 e. The monoisotopic (exact) mass is 382 g/mol. The summed E-state index contributed by atoms with van der Waals surface area (Å²) in [6.45, 7) is 12.6. The van der Waals surface area contributed by atoms with Gasteiger partial charge >= 0.3 is 11.9 Å². The van der Waals surface area contributed by atoms with E-state index in [1.54, 1.807) is 34.6 Å². The summed E-state index contributed by atoms with van der Waals surface area (Å²) in [5, 5.41) is 0. The van der Waals surface area contributed by atoms with Crippen molar-refractivity contribution < 1.29 is 28.2 Å². The van der Waals surface area contributed by atoms with Gasteiger partial charge in [-0.15, -0.1) is 0 Å². The topological polar surface area (TPSA) is 61.8 Å². The maximum absolute atomic E-state index is 13.0. The molecule has 0 heterocycles. The molecule has 3 atom stereocenters. The molecule has 152 valence electrons. The molecule has 0 N–H and O–H groups in total. The second-order valence-corrected chi connectivity index (χ2v) is 8.11. The van der Waals surface area contributed by atoms with Crippen LogP contribution in [0.1, 0.15) is 54.9 Å². The zero-order chi connectivity index (χ0) is 20.8. The standard InChI is InChI=1S/C21H31FO5/c1-13(2)19(26-17-10-8-16(22)9-11-17)15(4)25-20(24)14(3)12-18(23)27-21(5,6)7/h8-11,13-15,19H,12H2,1-7H3/t14-,15+,19-/m1/s1. The third-order valence-electron chi connectivity index (χ3n) is 3.80. The summed E-state index contributed by atoms with van der Waals surface area (Å²) in [4.78, 5) is 24.2. The lowest BCUT2D eigenvalue weighted by Crippen LogP contribution is -2.39. The van der Waals surface area contributed by atoms with Crippen LogP contribution in [0.25, 0.3) is 0 Å². The highest BCUT2D eigenvalue weighted by molar-refractivity contribution is 5.79. The number of benzene rings is 1. The van der Waals surface area contributed by atoms with Crippen molar-refractivity contribution in [3.63, 3.8) is 0 Å². The number of hydrogen-bond donors (Lipinski definition) is 0. The fourth-order valence-corrected chi connectivity index (χ4v) is 2.53. The fourth-order valence-electron chi connectivity index (χ4n) is 2.53. The van der Waals surface area contributed by atoms with Gasteiger partial charge in [0.05, 0.1) is 12.3 Å². The van der Waals surface area contributed by atoms with Gasteiger partial charge in [0.2, 0.25) is 0 Å². The van der Waals surface area contributed by atoms with E-state index in [1.165, 1.54) is 24.3 Å². The Morgan fingerprint density at radius 3 is 2.07 bits per heavy atom. The van der Waals surface area contributed by atoms with Crippen LogP contribution in [0.2, 0.25) is 0 Å². The Kier molecular flexibility index (Phi) is 8.25. The molecule has 0 aromatic heterocycles. The molecule has 1 aromatic rings. The summed E-state index contributed by atoms with van der Waals surface area (Å²) in [7, 11) is 0. The lowest BCUT2D eigenvalue weighted by atomic mass is 10.0. The van der Waals surface area contributed by atoms with Gasteiger partial charge in [-0.3, -0.25) is 9.59 Å². The van der Waals surface area contributed by atoms with Crippen molar-refractivity contribution in [2.75, 3.05) is 0 Å². The molecule has 0 radical (unpaired) electrons. The van der Waals surface area contributed by atoms with E-state index in [9.17, 15) is 14.0 Å². The Balaban J connectivity index is 2.66. The molecule has 0 spiro atoms. The number of carbonyl (C=O) groups is 2. The third-order valence-corrected chi connectivity index (χ3v) is 3.80. The van der Waals surface area contributed by atoms with E-state index in [0.717, 1.165) is 0 Å². The lowest BCUT2D eigenvalue weighted by Gasteiger charge is -2.29. The number of carbonyl (C=O) groups excluding carboxylic acids is 2. The number of ether oxygens (including phenoxy) is 3. The van der Waals surface area contributed by atoms with Gasteiger partial charge < -0.3 is 14.2 Å². The molecule has 0 saturated heterocycles. The molecule has 5 nitrogen and oxygen atoms in total. The van der Waals surface area contributed by atoms with Gasteiger partial charge in [0.25, 0.3) is 0 Å². The Morgan fingerprint density at radius 1 is 1.04 bits per heavy atom. The predicted octanol–water partition coefficient (Wildman–Crippen LogP) is 4.53. The van der Waals surface area contributed by atoms with Crippen molar-refractivity contribution in [3.8, 4) is 5.75 Å². The van der Waals surface area contributed by atoms with Crippen LogP contribution in [0, 0.1) is 17.7 Å². The van der Waals surface area contributed by atoms with Gasteiger partial charge in [0.1, 0.15) is 29.4 Å². The van der Waals surface area contributed by atoms with E-state index in [-0.39, 0.29) is 18.2 Å². The maximum Gasteiger partial charge on any atom is 0.309 e. The zero-order valence-corrected chi connectivity index (χ0v) is 17.2. The van der Waals surface area contributed by atoms with Gasteiger partial charge in [-0.05, 0) is 57.9 Å². The van der Waals surface area contributed by atoms with Crippen molar-refractivity contribution >= 4 is 11.9 Å². The highest BCUT2D eigenvalue weighted by Crippen LogP contribution is 2.21. The van der Waals surface area contributed by atoms with Crippen LogP contribution in [0.4, 0.5) is 4.39 Å². The number of hydrogen-bond acceptors (Lipinski definition) is 5. The van der Waals surface area contributed by atoms with Gasteiger partial charge in [0, 0.05) is 0 Å². The van der Waals surface area contributed by atoms with Crippen molar-refractivity contribution in [2.45, 2.75) is 72.7 Å². The molecular formula is C21H31FO5. The van der Waals surface area contributed by atoms with E-state index in [1.807, 2.05) is 13.8 Å². The molecule has 1 aromatic carbocycles. The van der Waals surface area contributed by atoms with Gasteiger partial charge in [-0.1, -0.05) is 20.8 Å². The summed E-state index contributed by atoms with van der Waals surface area (Å²) in [5.41, 5.74) is -0.597. The van der Waals surface area contributed by atoms with E-state index >= 15 is 0 Å². The summed E-state index contributed by atoms with van der Waals surface area (Å²) < 4.78 is 29.7. The van der Waals surface area contributed by atoms with Crippen LogP contribution in [-0.2, 0) is 19.1 Å². The second kappa shape index (κ2) is 9.72. The van der Waals surface area contributed by atoms with E-state index in [4.69, 9.17) is 14.2 Å². The normalized spacial score (nSPS) is 15.0. The van der Waals surface area contributed by atoms with Crippen LogP contribution in [0.3, 0.4) is 0 Å². The minimum absolute atomic E-state index is 0.0476. The van der Waals surface area contributed by atoms with E-state index in [0.29, 0.717) is 5.75 Å². The average Bonchev–Trinajstić information content (AvgIpc) is 2.51. The molecule has 1 rings (SSSR count). The zero-order valence-electron chi connectivity index (χ0n) is 17.2. The molecule has 0 amide bonds. The third kappa shape index (κ3) is 8.41. The van der Waals surface area contributed by atoms with Crippen molar-refractivity contribution in [3.05, 3.63) is 30.1 Å². The van der Waals surface area contributed by atoms with Crippen molar-refractivity contribution in [1.29, 1.82) is 0 Å². The molecule has 0 aliphatic carbocycles. The molecular weight excluding hydrogens is 351 g/mol. The maximum atomic E-state index is 13.0. The Hall–Kier alpha value is -2.11. The van der Waals surface area contributed by atoms with Crippen LogP contribution < -0.4 is 4.74 Å². The quantitative estimate of drug-likeness (QED) is 0.618. The van der Waals surface area contributed by atoms with Crippen molar-refractivity contribution in [2.24, 2.45) is 11.8 Å². The van der Waals surface area contributed by atoms with Crippen molar-refractivity contribution in [1.82, 2.24) is 0 Å². The van der Waals surface area contributed by atoms with E-state index < -0.39 is 35.7 Å². The van der Waals surface area contributed by atoms with E-state index in [2.05, 4.69) is 0 Å². The summed E-state index contributed by atoms with van der Waals surface area (Å²) in [5.74, 6) is -1.34. The second-order valence-electron chi connectivity index (χ2n) is 8.11. The first-order chi connectivity index (χ1) is 12.4. The largest absolute Gasteiger partial charge is 0.486 e. The summed E-state index contributed by atoms with van der Waals surface area (Å²) in [6, 6.07) is 5.69. The predicted molar refractivity (Wildman–Crippen MR) is 101 cm³/mol. The number of halogens is 1.